The number of anilines is 2. The molecule has 0 unspecified atom stereocenters. The standard InChI is InChI=1S/C29H33F3N4O3/c1-38-27(37)22-9-4-8-21(15-22)25-17-34-28(39-25)35-24-10-3-2-7-20(24)14-19-6-5-13-36(18-19)23-11-12-26(33-16-23)29(30,31)32/h4,8-9,11-12,15-17,19-20,24H,2-3,5-7,10,13-14,18H2,1H3,(H,34,35)/t19-,20+,24-/m1/s1. The summed E-state index contributed by atoms with van der Waals surface area (Å²) in [5, 5.41) is 3.52. The summed E-state index contributed by atoms with van der Waals surface area (Å²) in [5.41, 5.74) is 1.08. The van der Waals surface area contributed by atoms with E-state index in [1.807, 2.05) is 6.07 Å². The van der Waals surface area contributed by atoms with E-state index in [0.717, 1.165) is 68.9 Å². The molecule has 0 bridgehead atoms. The second-order valence-corrected chi connectivity index (χ2v) is 10.5. The summed E-state index contributed by atoms with van der Waals surface area (Å²) < 4.78 is 49.6. The molecule has 1 N–H and O–H groups in total. The highest BCUT2D eigenvalue weighted by Gasteiger charge is 2.33. The number of aromatic nitrogens is 2. The van der Waals surface area contributed by atoms with Crippen molar-refractivity contribution in [2.24, 2.45) is 11.8 Å². The van der Waals surface area contributed by atoms with Gasteiger partial charge in [0.2, 0.25) is 0 Å². The number of hydrogen-bond acceptors (Lipinski definition) is 7. The number of rotatable bonds is 7. The summed E-state index contributed by atoms with van der Waals surface area (Å²) in [7, 11) is 1.35. The Bertz CT molecular complexity index is 1260. The fraction of sp³-hybridized carbons (Fsp3) is 0.483. The minimum absolute atomic E-state index is 0.231. The average molecular weight is 543 g/mol. The van der Waals surface area contributed by atoms with Crippen LogP contribution in [0, 0.1) is 11.8 Å². The molecule has 3 aromatic rings. The Hall–Kier alpha value is -3.56. The maximum absolute atomic E-state index is 12.9. The number of oxazole rings is 1. The van der Waals surface area contributed by atoms with Crippen molar-refractivity contribution in [3.05, 3.63) is 60.0 Å². The summed E-state index contributed by atoms with van der Waals surface area (Å²) in [4.78, 5) is 22.1. The van der Waals surface area contributed by atoms with Crippen molar-refractivity contribution in [3.8, 4) is 11.3 Å². The normalized spacial score (nSPS) is 21.9. The lowest BCUT2D eigenvalue weighted by molar-refractivity contribution is -0.141. The van der Waals surface area contributed by atoms with Crippen LogP contribution in [0.3, 0.4) is 0 Å². The number of piperidine rings is 1. The van der Waals surface area contributed by atoms with Crippen LogP contribution < -0.4 is 10.2 Å². The number of nitrogens with zero attached hydrogens (tertiary/aromatic N) is 3. The molecule has 1 saturated heterocycles. The molecule has 5 rings (SSSR count). The molecule has 2 aromatic heterocycles. The van der Waals surface area contributed by atoms with Crippen molar-refractivity contribution in [2.45, 2.75) is 57.2 Å². The van der Waals surface area contributed by atoms with Gasteiger partial charge in [-0.05, 0) is 68.2 Å². The minimum atomic E-state index is -4.43. The first-order chi connectivity index (χ1) is 18.8. The number of alkyl halides is 3. The van der Waals surface area contributed by atoms with Crippen molar-refractivity contribution in [2.75, 3.05) is 30.4 Å². The van der Waals surface area contributed by atoms with E-state index in [4.69, 9.17) is 9.15 Å². The zero-order valence-electron chi connectivity index (χ0n) is 21.9. The number of pyridine rings is 1. The van der Waals surface area contributed by atoms with Crippen LogP contribution in [0.4, 0.5) is 24.9 Å². The quantitative estimate of drug-likeness (QED) is 0.328. The molecular formula is C29H33F3N4O3. The molecule has 3 heterocycles. The lowest BCUT2D eigenvalue weighted by atomic mass is 9.77. The fourth-order valence-electron chi connectivity index (χ4n) is 5.89. The van der Waals surface area contributed by atoms with Gasteiger partial charge in [0.1, 0.15) is 5.69 Å². The molecule has 0 amide bonds. The smallest absolute Gasteiger partial charge is 0.433 e. The van der Waals surface area contributed by atoms with E-state index in [-0.39, 0.29) is 6.04 Å². The van der Waals surface area contributed by atoms with Gasteiger partial charge in [-0.2, -0.15) is 13.2 Å². The molecule has 2 fully saturated rings. The molecule has 208 valence electrons. The van der Waals surface area contributed by atoms with E-state index < -0.39 is 17.8 Å². The third kappa shape index (κ3) is 6.54. The number of carbonyl (C=O) groups is 1. The highest BCUT2D eigenvalue weighted by Crippen LogP contribution is 2.36. The number of halogens is 3. The van der Waals surface area contributed by atoms with Crippen LogP contribution in [0.1, 0.15) is 61.0 Å². The average Bonchev–Trinajstić information content (AvgIpc) is 3.42. The fourth-order valence-corrected chi connectivity index (χ4v) is 5.89. The predicted molar refractivity (Wildman–Crippen MR) is 141 cm³/mol. The van der Waals surface area contributed by atoms with E-state index in [1.165, 1.54) is 25.8 Å². The third-order valence-electron chi connectivity index (χ3n) is 7.85. The molecule has 10 heteroatoms. The number of benzene rings is 1. The van der Waals surface area contributed by atoms with E-state index in [2.05, 4.69) is 20.2 Å². The summed E-state index contributed by atoms with van der Waals surface area (Å²) in [6.45, 7) is 1.64. The molecule has 7 nitrogen and oxygen atoms in total. The molecule has 2 aliphatic rings. The molecule has 1 aromatic carbocycles. The number of esters is 1. The van der Waals surface area contributed by atoms with Gasteiger partial charge in [-0.25, -0.2) is 14.8 Å². The number of hydrogen-bond donors (Lipinski definition) is 1. The number of methoxy groups -OCH3 is 1. The Morgan fingerprint density at radius 2 is 1.95 bits per heavy atom. The molecule has 1 saturated carbocycles. The van der Waals surface area contributed by atoms with Crippen molar-refractivity contribution in [3.63, 3.8) is 0 Å². The van der Waals surface area contributed by atoms with Gasteiger partial charge < -0.3 is 19.4 Å². The first kappa shape index (κ1) is 27.0. The van der Waals surface area contributed by atoms with Crippen LogP contribution in [0.5, 0.6) is 0 Å². The molecule has 39 heavy (non-hydrogen) atoms. The van der Waals surface area contributed by atoms with E-state index in [1.54, 1.807) is 24.4 Å². The number of nitrogens with one attached hydrogen (secondary N) is 1. The summed E-state index contributed by atoms with van der Waals surface area (Å²) >= 11 is 0. The van der Waals surface area contributed by atoms with Crippen LogP contribution >= 0.6 is 0 Å². The van der Waals surface area contributed by atoms with Crippen molar-refractivity contribution in [1.82, 2.24) is 9.97 Å². The maximum Gasteiger partial charge on any atom is 0.433 e. The van der Waals surface area contributed by atoms with Gasteiger partial charge in [-0.15, -0.1) is 0 Å². The SMILES string of the molecule is COC(=O)c1cccc(-c2cnc(N[C@@H]3CCCC[C@H]3C[C@H]3CCCN(c4ccc(C(F)(F)F)nc4)C3)o2)c1. The highest BCUT2D eigenvalue weighted by atomic mass is 19.4. The lowest BCUT2D eigenvalue weighted by Crippen LogP contribution is -2.39. The molecule has 1 aliphatic carbocycles. The van der Waals surface area contributed by atoms with Crippen molar-refractivity contribution >= 4 is 17.7 Å². The molecular weight excluding hydrogens is 509 g/mol. The predicted octanol–water partition coefficient (Wildman–Crippen LogP) is 6.82. The number of ether oxygens (including phenoxy) is 1. The molecule has 1 aliphatic heterocycles. The summed E-state index contributed by atoms with van der Waals surface area (Å²) in [6, 6.07) is 10.4. The van der Waals surface area contributed by atoms with Crippen LogP contribution in [0.15, 0.2) is 53.2 Å². The zero-order valence-corrected chi connectivity index (χ0v) is 21.9. The van der Waals surface area contributed by atoms with Gasteiger partial charge in [-0.1, -0.05) is 25.0 Å². The first-order valence-electron chi connectivity index (χ1n) is 13.5. The molecule has 0 radical (unpaired) electrons. The monoisotopic (exact) mass is 542 g/mol. The van der Waals surface area contributed by atoms with E-state index in [9.17, 15) is 18.0 Å². The Labute approximate surface area is 225 Å². The Balaban J connectivity index is 1.22. The second kappa shape index (κ2) is 11.7. The lowest BCUT2D eigenvalue weighted by Gasteiger charge is -2.39. The van der Waals surface area contributed by atoms with Gasteiger partial charge in [0.15, 0.2) is 5.76 Å². The van der Waals surface area contributed by atoms with Gasteiger partial charge in [0.25, 0.3) is 6.01 Å². The van der Waals surface area contributed by atoms with Crippen LogP contribution in [0.25, 0.3) is 11.3 Å². The zero-order chi connectivity index (χ0) is 27.4. The Morgan fingerprint density at radius 1 is 1.10 bits per heavy atom. The van der Waals surface area contributed by atoms with Crippen LogP contribution in [-0.4, -0.2) is 42.2 Å². The van der Waals surface area contributed by atoms with Gasteiger partial charge >= 0.3 is 12.1 Å². The van der Waals surface area contributed by atoms with Crippen molar-refractivity contribution in [1.29, 1.82) is 0 Å². The van der Waals surface area contributed by atoms with Crippen molar-refractivity contribution < 1.29 is 27.1 Å². The second-order valence-electron chi connectivity index (χ2n) is 10.5. The van der Waals surface area contributed by atoms with Gasteiger partial charge in [0.05, 0.1) is 30.8 Å². The highest BCUT2D eigenvalue weighted by molar-refractivity contribution is 5.90. The van der Waals surface area contributed by atoms with E-state index >= 15 is 0 Å². The largest absolute Gasteiger partial charge is 0.465 e. The van der Waals surface area contributed by atoms with Crippen LogP contribution in [0.2, 0.25) is 0 Å². The molecule has 3 atom stereocenters. The topological polar surface area (TPSA) is 80.5 Å². The number of carbonyl (C=O) groups excluding carboxylic acids is 1. The van der Waals surface area contributed by atoms with Crippen LogP contribution in [-0.2, 0) is 10.9 Å². The van der Waals surface area contributed by atoms with E-state index in [0.29, 0.717) is 29.2 Å². The Morgan fingerprint density at radius 3 is 2.72 bits per heavy atom. The maximum atomic E-state index is 12.9. The minimum Gasteiger partial charge on any atom is -0.465 e. The molecule has 0 spiro atoms. The summed E-state index contributed by atoms with van der Waals surface area (Å²) in [5.74, 6) is 1.07. The third-order valence-corrected chi connectivity index (χ3v) is 7.85. The first-order valence-corrected chi connectivity index (χ1v) is 13.5. The Kier molecular flexibility index (Phi) is 8.09. The van der Waals surface area contributed by atoms with Gasteiger partial charge in [-0.3, -0.25) is 0 Å². The van der Waals surface area contributed by atoms with Gasteiger partial charge in [0, 0.05) is 24.7 Å². The summed E-state index contributed by atoms with van der Waals surface area (Å²) in [6.07, 6.45) is 6.18.